The van der Waals surface area contributed by atoms with Gasteiger partial charge in [-0.1, -0.05) is 65.0 Å². The number of carboxylic acid groups (broad SMARTS) is 1. The Bertz CT molecular complexity index is 1760. The fourth-order valence-corrected chi connectivity index (χ4v) is 7.12. The third-order valence-electron chi connectivity index (χ3n) is 8.49. The second-order valence-corrected chi connectivity index (χ2v) is 14.3. The first kappa shape index (κ1) is 33.0. The zero-order valence-corrected chi connectivity index (χ0v) is 28.1. The summed E-state index contributed by atoms with van der Waals surface area (Å²) in [6.07, 6.45) is 6.59. The summed E-state index contributed by atoms with van der Waals surface area (Å²) in [7, 11) is 1.59. The minimum Gasteiger partial charge on any atom is -0.494 e. The highest BCUT2D eigenvalue weighted by molar-refractivity contribution is 8.00. The van der Waals surface area contributed by atoms with Gasteiger partial charge in [-0.2, -0.15) is 0 Å². The van der Waals surface area contributed by atoms with Gasteiger partial charge >= 0.3 is 5.97 Å². The average Bonchev–Trinajstić information content (AvgIpc) is 3.40. The number of benzene rings is 2. The zero-order valence-electron chi connectivity index (χ0n) is 27.3. The van der Waals surface area contributed by atoms with Crippen LogP contribution in [0.25, 0.3) is 22.3 Å². The van der Waals surface area contributed by atoms with Gasteiger partial charge in [0, 0.05) is 43.9 Å². The quantitative estimate of drug-likeness (QED) is 0.123. The number of thioether (sulfide) groups is 1. The summed E-state index contributed by atoms with van der Waals surface area (Å²) in [6.45, 7) is 10.9. The lowest BCUT2D eigenvalue weighted by molar-refractivity contribution is -0.151. The SMILES string of the molecule is CCC(CC)(C(=O)O)C(Cc1ccc(-c2ncc(OC)cn2)cc1)c1[nH]c2ccc(OCc3ccccn3)cc2c1SC(C)(C)C. The van der Waals surface area contributed by atoms with Crippen LogP contribution in [0, 0.1) is 5.41 Å². The van der Waals surface area contributed by atoms with Crippen molar-refractivity contribution in [1.82, 2.24) is 19.9 Å². The number of carboxylic acids is 1. The molecule has 0 saturated carbocycles. The second kappa shape index (κ2) is 14.0. The molecule has 2 N–H and O–H groups in total. The molecule has 3 heterocycles. The molecule has 0 aliphatic heterocycles. The number of rotatable bonds is 13. The van der Waals surface area contributed by atoms with E-state index in [1.54, 1.807) is 37.5 Å². The number of H-pyrrole nitrogens is 1. The van der Waals surface area contributed by atoms with E-state index in [1.165, 1.54) is 0 Å². The number of methoxy groups -OCH3 is 1. The lowest BCUT2D eigenvalue weighted by Gasteiger charge is -2.36. The van der Waals surface area contributed by atoms with Crippen LogP contribution in [0.15, 0.2) is 84.1 Å². The van der Waals surface area contributed by atoms with Crippen molar-refractivity contribution in [3.63, 3.8) is 0 Å². The molecule has 0 aliphatic rings. The molecule has 8 nitrogen and oxygen atoms in total. The molecule has 1 unspecified atom stereocenters. The van der Waals surface area contributed by atoms with Gasteiger partial charge in [-0.15, -0.1) is 11.8 Å². The number of nitrogens with one attached hydrogen (secondary N) is 1. The van der Waals surface area contributed by atoms with Gasteiger partial charge in [-0.3, -0.25) is 9.78 Å². The van der Waals surface area contributed by atoms with E-state index in [0.29, 0.717) is 37.4 Å². The molecule has 3 aromatic heterocycles. The molecule has 0 amide bonds. The molecule has 1 atom stereocenters. The van der Waals surface area contributed by atoms with Gasteiger partial charge in [0.2, 0.25) is 0 Å². The van der Waals surface area contributed by atoms with E-state index in [1.807, 2.05) is 56.3 Å². The van der Waals surface area contributed by atoms with Crippen molar-refractivity contribution in [2.24, 2.45) is 5.41 Å². The van der Waals surface area contributed by atoms with Crippen LogP contribution in [-0.2, 0) is 17.8 Å². The third-order valence-corrected chi connectivity index (χ3v) is 9.75. The Morgan fingerprint density at radius 1 is 0.957 bits per heavy atom. The predicted molar refractivity (Wildman–Crippen MR) is 184 cm³/mol. The van der Waals surface area contributed by atoms with Crippen molar-refractivity contribution in [3.8, 4) is 22.9 Å². The first-order valence-corrected chi connectivity index (χ1v) is 16.4. The monoisotopic (exact) mass is 638 g/mol. The Morgan fingerprint density at radius 2 is 1.67 bits per heavy atom. The molecule has 46 heavy (non-hydrogen) atoms. The van der Waals surface area contributed by atoms with Gasteiger partial charge < -0.3 is 19.6 Å². The van der Waals surface area contributed by atoms with E-state index in [0.717, 1.165) is 44.1 Å². The van der Waals surface area contributed by atoms with Crippen molar-refractivity contribution in [2.75, 3.05) is 7.11 Å². The maximum absolute atomic E-state index is 13.2. The number of aromatic nitrogens is 4. The number of nitrogens with zero attached hydrogens (tertiary/aromatic N) is 3. The molecular formula is C37H42N4O4S. The van der Waals surface area contributed by atoms with E-state index in [-0.39, 0.29) is 10.7 Å². The zero-order chi connectivity index (χ0) is 32.9. The Hall–Kier alpha value is -4.37. The molecule has 0 fully saturated rings. The van der Waals surface area contributed by atoms with Crippen LogP contribution >= 0.6 is 11.8 Å². The number of aliphatic carboxylic acids is 1. The predicted octanol–water partition coefficient (Wildman–Crippen LogP) is 8.72. The molecule has 0 aliphatic carbocycles. The van der Waals surface area contributed by atoms with E-state index in [9.17, 15) is 9.90 Å². The normalized spacial score (nSPS) is 12.7. The van der Waals surface area contributed by atoms with Crippen LogP contribution in [0.4, 0.5) is 0 Å². The smallest absolute Gasteiger partial charge is 0.310 e. The highest BCUT2D eigenvalue weighted by Crippen LogP contribution is 2.50. The van der Waals surface area contributed by atoms with Gasteiger partial charge in [-0.05, 0) is 55.2 Å². The van der Waals surface area contributed by atoms with E-state index in [2.05, 4.69) is 58.9 Å². The average molecular weight is 639 g/mol. The van der Waals surface area contributed by atoms with Gasteiger partial charge in [0.25, 0.3) is 0 Å². The lowest BCUT2D eigenvalue weighted by Crippen LogP contribution is -2.38. The maximum Gasteiger partial charge on any atom is 0.310 e. The third kappa shape index (κ3) is 7.20. The number of hydrogen-bond acceptors (Lipinski definition) is 7. The molecule has 240 valence electrons. The van der Waals surface area contributed by atoms with Crippen LogP contribution in [0.1, 0.15) is 70.3 Å². The number of carbonyl (C=O) groups is 1. The largest absolute Gasteiger partial charge is 0.494 e. The maximum atomic E-state index is 13.2. The first-order valence-electron chi connectivity index (χ1n) is 15.6. The van der Waals surface area contributed by atoms with Crippen molar-refractivity contribution in [1.29, 1.82) is 0 Å². The Morgan fingerprint density at radius 3 is 2.26 bits per heavy atom. The number of fused-ring (bicyclic) bond motifs is 1. The molecule has 0 radical (unpaired) electrons. The molecule has 0 bridgehead atoms. The number of ether oxygens (including phenoxy) is 2. The number of hydrogen-bond donors (Lipinski definition) is 2. The molecule has 5 aromatic rings. The lowest BCUT2D eigenvalue weighted by atomic mass is 9.67. The molecular weight excluding hydrogens is 596 g/mol. The molecule has 5 rings (SSSR count). The van der Waals surface area contributed by atoms with Crippen LogP contribution in [0.3, 0.4) is 0 Å². The minimum absolute atomic E-state index is 0.121. The molecule has 9 heteroatoms. The first-order chi connectivity index (χ1) is 22.1. The van der Waals surface area contributed by atoms with Crippen molar-refractivity contribution in [3.05, 3.63) is 96.2 Å². The minimum atomic E-state index is -0.982. The number of pyridine rings is 1. The Kier molecular flexibility index (Phi) is 10.0. The van der Waals surface area contributed by atoms with E-state index < -0.39 is 11.4 Å². The fraction of sp³-hybridized carbons (Fsp3) is 0.351. The summed E-state index contributed by atoms with van der Waals surface area (Å²) in [5.74, 6) is 0.838. The van der Waals surface area contributed by atoms with Crippen LogP contribution in [-0.4, -0.2) is 42.9 Å². The van der Waals surface area contributed by atoms with Gasteiger partial charge in [0.1, 0.15) is 12.4 Å². The fourth-order valence-electron chi connectivity index (χ4n) is 5.92. The molecule has 2 aromatic carbocycles. The standard InChI is InChI=1S/C37H42N4O4S/c1-7-37(8-2,35(42)43)30(19-24-12-14-25(15-13-24)34-39-21-28(44-6)22-40-34)32-33(46-36(3,4)5)29-20-27(16-17-31(29)41-32)45-23-26-11-9-10-18-38-26/h9-18,20-22,30,41H,7-8,19,23H2,1-6H3,(H,42,43). The topological polar surface area (TPSA) is 110 Å². The highest BCUT2D eigenvalue weighted by atomic mass is 32.2. The Balaban J connectivity index is 1.57. The summed E-state index contributed by atoms with van der Waals surface area (Å²) in [6, 6.07) is 19.9. The van der Waals surface area contributed by atoms with E-state index >= 15 is 0 Å². The van der Waals surface area contributed by atoms with Gasteiger partial charge in [-0.25, -0.2) is 9.97 Å². The van der Waals surface area contributed by atoms with Gasteiger partial charge in [0.15, 0.2) is 11.6 Å². The van der Waals surface area contributed by atoms with E-state index in [4.69, 9.17) is 9.47 Å². The summed E-state index contributed by atoms with van der Waals surface area (Å²) >= 11 is 1.76. The molecule has 0 spiro atoms. The van der Waals surface area contributed by atoms with Gasteiger partial charge in [0.05, 0.1) is 30.6 Å². The van der Waals surface area contributed by atoms with Crippen molar-refractivity contribution in [2.45, 2.75) is 76.0 Å². The van der Waals surface area contributed by atoms with Crippen molar-refractivity contribution < 1.29 is 19.4 Å². The Labute approximate surface area is 275 Å². The molecule has 0 saturated heterocycles. The highest BCUT2D eigenvalue weighted by Gasteiger charge is 2.45. The van der Waals surface area contributed by atoms with Crippen molar-refractivity contribution >= 4 is 28.6 Å². The summed E-state index contributed by atoms with van der Waals surface area (Å²) in [4.78, 5) is 31.2. The van der Waals surface area contributed by atoms with Crippen LogP contribution in [0.5, 0.6) is 11.5 Å². The summed E-state index contributed by atoms with van der Waals surface area (Å²) in [5.41, 5.74) is 3.69. The van der Waals surface area contributed by atoms with Crippen LogP contribution in [0.2, 0.25) is 0 Å². The summed E-state index contributed by atoms with van der Waals surface area (Å²) < 4.78 is 11.2. The second-order valence-electron chi connectivity index (χ2n) is 12.5. The summed E-state index contributed by atoms with van der Waals surface area (Å²) in [5, 5.41) is 11.8. The van der Waals surface area contributed by atoms with Crippen LogP contribution < -0.4 is 9.47 Å². The number of aromatic amines is 1.